The minimum atomic E-state index is -4.10. The Morgan fingerprint density at radius 2 is 2.17 bits per heavy atom. The summed E-state index contributed by atoms with van der Waals surface area (Å²) in [4.78, 5) is 6.50. The van der Waals surface area contributed by atoms with Crippen LogP contribution in [-0.2, 0) is 6.42 Å². The number of H-pyrrole nitrogens is 1. The van der Waals surface area contributed by atoms with Gasteiger partial charge in [-0.25, -0.2) is 4.98 Å². The lowest BCUT2D eigenvalue weighted by Crippen LogP contribution is -2.09. The number of aromatic nitrogens is 2. The molecule has 0 bridgehead atoms. The van der Waals surface area contributed by atoms with Crippen molar-refractivity contribution in [1.29, 1.82) is 0 Å². The number of rotatable bonds is 2. The predicted molar refractivity (Wildman–Crippen MR) is 37.7 cm³/mol. The number of nitrogens with one attached hydrogen (secondary N) is 1. The summed E-state index contributed by atoms with van der Waals surface area (Å²) in [5.74, 6) is 0.393. The summed E-state index contributed by atoms with van der Waals surface area (Å²) in [5, 5.41) is 0. The topological polar surface area (TPSA) is 28.7 Å². The van der Waals surface area contributed by atoms with E-state index in [4.69, 9.17) is 0 Å². The molecule has 0 saturated heterocycles. The van der Waals surface area contributed by atoms with Crippen molar-refractivity contribution in [2.45, 2.75) is 25.9 Å². The zero-order valence-corrected chi connectivity index (χ0v) is 6.57. The minimum absolute atomic E-state index is 0.0721. The van der Waals surface area contributed by atoms with Gasteiger partial charge in [0.25, 0.3) is 0 Å². The number of hydrogen-bond acceptors (Lipinski definition) is 1. The third kappa shape index (κ3) is 2.94. The Morgan fingerprint density at radius 1 is 1.50 bits per heavy atom. The molecule has 0 aliphatic rings. The molecule has 1 aromatic rings. The zero-order valence-electron chi connectivity index (χ0n) is 6.57. The van der Waals surface area contributed by atoms with Crippen LogP contribution in [0.25, 0.3) is 0 Å². The molecule has 1 N–H and O–H groups in total. The highest BCUT2D eigenvalue weighted by atomic mass is 19.4. The van der Waals surface area contributed by atoms with E-state index in [2.05, 4.69) is 9.97 Å². The summed E-state index contributed by atoms with van der Waals surface area (Å²) in [6, 6.07) is 0. The number of imidazole rings is 1. The maximum atomic E-state index is 11.7. The molecule has 12 heavy (non-hydrogen) atoms. The van der Waals surface area contributed by atoms with Crippen molar-refractivity contribution < 1.29 is 13.2 Å². The summed E-state index contributed by atoms with van der Waals surface area (Å²) in [5.41, 5.74) is 0.784. The van der Waals surface area contributed by atoms with Crippen molar-refractivity contribution in [3.8, 4) is 0 Å². The van der Waals surface area contributed by atoms with E-state index in [0.717, 1.165) is 5.69 Å². The minimum Gasteiger partial charge on any atom is -0.346 e. The fourth-order valence-corrected chi connectivity index (χ4v) is 0.854. The number of aromatic amines is 1. The van der Waals surface area contributed by atoms with Crippen LogP contribution < -0.4 is 0 Å². The average Bonchev–Trinajstić information content (AvgIpc) is 2.30. The normalized spacial score (nSPS) is 12.0. The molecule has 0 aliphatic heterocycles. The standard InChI is InChI=1S/C7H9F3N2/c1-5-4-11-6(12-5)2-3-7(8,9)10/h4H,2-3H2,1H3,(H,11,12). The lowest BCUT2D eigenvalue weighted by Gasteiger charge is -2.02. The van der Waals surface area contributed by atoms with Crippen LogP contribution in [0.4, 0.5) is 13.2 Å². The molecule has 0 amide bonds. The summed E-state index contributed by atoms with van der Waals surface area (Å²) in [7, 11) is 0. The Morgan fingerprint density at radius 3 is 2.58 bits per heavy atom. The highest BCUT2D eigenvalue weighted by Crippen LogP contribution is 2.20. The second kappa shape index (κ2) is 3.16. The maximum absolute atomic E-state index is 11.7. The molecular weight excluding hydrogens is 169 g/mol. The third-order valence-electron chi connectivity index (χ3n) is 1.40. The van der Waals surface area contributed by atoms with Gasteiger partial charge in [-0.2, -0.15) is 13.2 Å². The fraction of sp³-hybridized carbons (Fsp3) is 0.571. The lowest BCUT2D eigenvalue weighted by molar-refractivity contribution is -0.134. The van der Waals surface area contributed by atoms with Gasteiger partial charge in [-0.3, -0.25) is 0 Å². The van der Waals surface area contributed by atoms with Gasteiger partial charge in [0.05, 0.1) is 6.42 Å². The van der Waals surface area contributed by atoms with Gasteiger partial charge in [-0.15, -0.1) is 0 Å². The predicted octanol–water partition coefficient (Wildman–Crippen LogP) is 2.21. The SMILES string of the molecule is Cc1cnc(CCC(F)(F)F)[nH]1. The van der Waals surface area contributed by atoms with Gasteiger partial charge in [-0.05, 0) is 6.92 Å². The van der Waals surface area contributed by atoms with Crippen LogP contribution in [-0.4, -0.2) is 16.1 Å². The molecule has 0 unspecified atom stereocenters. The molecule has 0 aliphatic carbocycles. The summed E-state index contributed by atoms with van der Waals surface area (Å²) in [6.45, 7) is 1.75. The molecule has 0 atom stereocenters. The number of alkyl halides is 3. The van der Waals surface area contributed by atoms with Gasteiger partial charge < -0.3 is 4.98 Å². The van der Waals surface area contributed by atoms with Crippen LogP contribution in [0.5, 0.6) is 0 Å². The van der Waals surface area contributed by atoms with E-state index < -0.39 is 12.6 Å². The summed E-state index contributed by atoms with van der Waals surface area (Å²) < 4.78 is 35.1. The molecule has 0 radical (unpaired) electrons. The molecule has 68 valence electrons. The first-order valence-electron chi connectivity index (χ1n) is 3.54. The molecule has 1 rings (SSSR count). The van der Waals surface area contributed by atoms with E-state index in [0.29, 0.717) is 5.82 Å². The Balaban J connectivity index is 2.44. The molecule has 0 spiro atoms. The molecule has 2 nitrogen and oxygen atoms in total. The van der Waals surface area contributed by atoms with E-state index in [1.165, 1.54) is 6.20 Å². The highest BCUT2D eigenvalue weighted by Gasteiger charge is 2.26. The Kier molecular flexibility index (Phi) is 2.40. The largest absolute Gasteiger partial charge is 0.389 e. The Hall–Kier alpha value is -1.00. The van der Waals surface area contributed by atoms with Gasteiger partial charge in [0.2, 0.25) is 0 Å². The van der Waals surface area contributed by atoms with Gasteiger partial charge in [0, 0.05) is 18.3 Å². The van der Waals surface area contributed by atoms with Crippen LogP contribution in [0.2, 0.25) is 0 Å². The van der Waals surface area contributed by atoms with Crippen LogP contribution in [0.3, 0.4) is 0 Å². The smallest absolute Gasteiger partial charge is 0.346 e. The number of aryl methyl sites for hydroxylation is 2. The number of hydrogen-bond donors (Lipinski definition) is 1. The third-order valence-corrected chi connectivity index (χ3v) is 1.40. The van der Waals surface area contributed by atoms with Crippen molar-refractivity contribution in [3.05, 3.63) is 17.7 Å². The second-order valence-corrected chi connectivity index (χ2v) is 2.63. The van der Waals surface area contributed by atoms with E-state index in [1.807, 2.05) is 0 Å². The fourth-order valence-electron chi connectivity index (χ4n) is 0.854. The highest BCUT2D eigenvalue weighted by molar-refractivity contribution is 4.98. The van der Waals surface area contributed by atoms with Crippen molar-refractivity contribution in [2.24, 2.45) is 0 Å². The van der Waals surface area contributed by atoms with Crippen LogP contribution in [0, 0.1) is 6.92 Å². The van der Waals surface area contributed by atoms with Crippen molar-refractivity contribution in [3.63, 3.8) is 0 Å². The molecular formula is C7H9F3N2. The Labute approximate surface area is 67.8 Å². The van der Waals surface area contributed by atoms with Crippen molar-refractivity contribution >= 4 is 0 Å². The first kappa shape index (κ1) is 9.09. The van der Waals surface area contributed by atoms with Gasteiger partial charge in [-0.1, -0.05) is 0 Å². The molecule has 0 fully saturated rings. The maximum Gasteiger partial charge on any atom is 0.389 e. The lowest BCUT2D eigenvalue weighted by atomic mass is 10.3. The number of halogens is 3. The van der Waals surface area contributed by atoms with Crippen LogP contribution in [0.15, 0.2) is 6.20 Å². The van der Waals surface area contributed by atoms with Gasteiger partial charge in [0.15, 0.2) is 0 Å². The van der Waals surface area contributed by atoms with Crippen LogP contribution >= 0.6 is 0 Å². The van der Waals surface area contributed by atoms with E-state index in [-0.39, 0.29) is 6.42 Å². The number of nitrogens with zero attached hydrogens (tertiary/aromatic N) is 1. The van der Waals surface area contributed by atoms with E-state index >= 15 is 0 Å². The molecule has 1 heterocycles. The van der Waals surface area contributed by atoms with E-state index in [1.54, 1.807) is 6.92 Å². The van der Waals surface area contributed by atoms with E-state index in [9.17, 15) is 13.2 Å². The molecule has 0 aromatic carbocycles. The Bertz CT molecular complexity index is 251. The quantitative estimate of drug-likeness (QED) is 0.738. The second-order valence-electron chi connectivity index (χ2n) is 2.63. The monoisotopic (exact) mass is 178 g/mol. The zero-order chi connectivity index (χ0) is 9.19. The first-order chi connectivity index (χ1) is 5.47. The molecule has 0 saturated carbocycles. The van der Waals surface area contributed by atoms with Crippen LogP contribution in [0.1, 0.15) is 17.9 Å². The first-order valence-corrected chi connectivity index (χ1v) is 3.54. The van der Waals surface area contributed by atoms with Crippen molar-refractivity contribution in [2.75, 3.05) is 0 Å². The molecule has 1 aromatic heterocycles. The summed E-state index contributed by atoms with van der Waals surface area (Å²) in [6.07, 6.45) is -3.47. The van der Waals surface area contributed by atoms with Gasteiger partial charge in [0.1, 0.15) is 5.82 Å². The van der Waals surface area contributed by atoms with Gasteiger partial charge >= 0.3 is 6.18 Å². The summed E-state index contributed by atoms with van der Waals surface area (Å²) >= 11 is 0. The van der Waals surface area contributed by atoms with Crippen molar-refractivity contribution in [1.82, 2.24) is 9.97 Å². The average molecular weight is 178 g/mol. The molecule has 5 heteroatoms.